The van der Waals surface area contributed by atoms with Crippen molar-refractivity contribution >= 4 is 0 Å². The van der Waals surface area contributed by atoms with Gasteiger partial charge in [-0.15, -0.1) is 0 Å². The molecule has 0 aliphatic carbocycles. The number of hydrogen-bond donors (Lipinski definition) is 0. The smallest absolute Gasteiger partial charge is 0.203 e. The van der Waals surface area contributed by atoms with Gasteiger partial charge in [0, 0.05) is 30.3 Å². The molecule has 2 aromatic rings. The van der Waals surface area contributed by atoms with E-state index < -0.39 is 0 Å². The molecule has 0 saturated heterocycles. The van der Waals surface area contributed by atoms with Crippen molar-refractivity contribution in [3.05, 3.63) is 40.5 Å². The standard InChI is InChI=1S/C22H27NO5/c1-24-17-7-6-13-10-16-19-14(8-9-23(16)12-15(13)20(17)26-3)11-18(25-2)21(27-4)22(19)28-5/h6-7,11,16H,8-10,12H2,1-5H3. The Bertz CT molecular complexity index is 895. The molecule has 0 fully saturated rings. The molecule has 2 aromatic carbocycles. The Morgan fingerprint density at radius 1 is 0.786 bits per heavy atom. The molecule has 0 radical (unpaired) electrons. The van der Waals surface area contributed by atoms with Crippen LogP contribution in [0.25, 0.3) is 0 Å². The van der Waals surface area contributed by atoms with E-state index >= 15 is 0 Å². The average Bonchev–Trinajstić information content (AvgIpc) is 2.74. The third-order valence-corrected chi connectivity index (χ3v) is 5.92. The highest BCUT2D eigenvalue weighted by atomic mass is 16.5. The molecule has 0 spiro atoms. The van der Waals surface area contributed by atoms with Crippen molar-refractivity contribution in [3.8, 4) is 28.7 Å². The van der Waals surface area contributed by atoms with Crippen molar-refractivity contribution < 1.29 is 23.7 Å². The quantitative estimate of drug-likeness (QED) is 0.786. The van der Waals surface area contributed by atoms with Crippen LogP contribution in [0.3, 0.4) is 0 Å². The maximum absolute atomic E-state index is 5.82. The van der Waals surface area contributed by atoms with Gasteiger partial charge >= 0.3 is 0 Å². The molecule has 0 aromatic heterocycles. The van der Waals surface area contributed by atoms with E-state index in [4.69, 9.17) is 23.7 Å². The van der Waals surface area contributed by atoms with Crippen molar-refractivity contribution in [1.29, 1.82) is 0 Å². The summed E-state index contributed by atoms with van der Waals surface area (Å²) in [5.74, 6) is 3.76. The van der Waals surface area contributed by atoms with E-state index in [-0.39, 0.29) is 6.04 Å². The lowest BCUT2D eigenvalue weighted by atomic mass is 9.83. The van der Waals surface area contributed by atoms with Gasteiger partial charge in [-0.05, 0) is 36.1 Å². The van der Waals surface area contributed by atoms with Gasteiger partial charge in [0.25, 0.3) is 0 Å². The van der Waals surface area contributed by atoms with Gasteiger partial charge in [0.1, 0.15) is 0 Å². The highest BCUT2D eigenvalue weighted by molar-refractivity contribution is 5.62. The number of ether oxygens (including phenoxy) is 5. The molecule has 28 heavy (non-hydrogen) atoms. The number of fused-ring (bicyclic) bond motifs is 4. The highest BCUT2D eigenvalue weighted by Gasteiger charge is 2.37. The maximum Gasteiger partial charge on any atom is 0.203 e. The second-order valence-electron chi connectivity index (χ2n) is 7.10. The van der Waals surface area contributed by atoms with Gasteiger partial charge in [0.05, 0.1) is 35.5 Å². The molecule has 6 heteroatoms. The molecule has 2 aliphatic heterocycles. The van der Waals surface area contributed by atoms with E-state index in [2.05, 4.69) is 17.0 Å². The summed E-state index contributed by atoms with van der Waals surface area (Å²) in [5.41, 5.74) is 4.95. The molecule has 4 rings (SSSR count). The molecule has 150 valence electrons. The van der Waals surface area contributed by atoms with Crippen LogP contribution in [0.4, 0.5) is 0 Å². The topological polar surface area (TPSA) is 49.4 Å². The van der Waals surface area contributed by atoms with Gasteiger partial charge in [0.2, 0.25) is 5.75 Å². The Balaban J connectivity index is 1.83. The van der Waals surface area contributed by atoms with Gasteiger partial charge in [-0.2, -0.15) is 0 Å². The van der Waals surface area contributed by atoms with Crippen molar-refractivity contribution in [2.24, 2.45) is 0 Å². The van der Waals surface area contributed by atoms with Gasteiger partial charge in [-0.25, -0.2) is 0 Å². The fraction of sp³-hybridized carbons (Fsp3) is 0.455. The first-order chi connectivity index (χ1) is 13.7. The van der Waals surface area contributed by atoms with Crippen molar-refractivity contribution in [1.82, 2.24) is 4.90 Å². The van der Waals surface area contributed by atoms with Gasteiger partial charge in [-0.3, -0.25) is 4.90 Å². The maximum atomic E-state index is 5.82. The Hall–Kier alpha value is -2.60. The van der Waals surface area contributed by atoms with Crippen molar-refractivity contribution in [2.75, 3.05) is 42.1 Å². The van der Waals surface area contributed by atoms with E-state index in [1.807, 2.05) is 6.07 Å². The third-order valence-electron chi connectivity index (χ3n) is 5.92. The lowest BCUT2D eigenvalue weighted by Crippen LogP contribution is -2.39. The minimum Gasteiger partial charge on any atom is -0.493 e. The fourth-order valence-corrected chi connectivity index (χ4v) is 4.63. The molecule has 0 amide bonds. The number of rotatable bonds is 5. The number of benzene rings is 2. The molecule has 0 N–H and O–H groups in total. The highest BCUT2D eigenvalue weighted by Crippen LogP contribution is 2.51. The Labute approximate surface area is 165 Å². The zero-order valence-electron chi connectivity index (χ0n) is 17.1. The van der Waals surface area contributed by atoms with Crippen molar-refractivity contribution in [2.45, 2.75) is 25.4 Å². The largest absolute Gasteiger partial charge is 0.493 e. The molecule has 2 aliphatic rings. The normalized spacial score (nSPS) is 17.8. The van der Waals surface area contributed by atoms with Crippen LogP contribution >= 0.6 is 0 Å². The Morgan fingerprint density at radius 2 is 1.50 bits per heavy atom. The number of methoxy groups -OCH3 is 5. The molecule has 0 saturated carbocycles. The second kappa shape index (κ2) is 7.43. The molecule has 2 heterocycles. The Morgan fingerprint density at radius 3 is 2.14 bits per heavy atom. The minimum atomic E-state index is 0.226. The van der Waals surface area contributed by atoms with E-state index in [1.165, 1.54) is 22.3 Å². The first kappa shape index (κ1) is 18.7. The van der Waals surface area contributed by atoms with Crippen LogP contribution in [-0.2, 0) is 19.4 Å². The fourth-order valence-electron chi connectivity index (χ4n) is 4.63. The lowest BCUT2D eigenvalue weighted by molar-refractivity contribution is 0.153. The SMILES string of the molecule is COc1ccc2c(c1OC)CN1CCc3cc(OC)c(OC)c(OC)c3C1C2. The monoisotopic (exact) mass is 385 g/mol. The van der Waals surface area contributed by atoms with Crippen molar-refractivity contribution in [3.63, 3.8) is 0 Å². The summed E-state index contributed by atoms with van der Waals surface area (Å²) in [5, 5.41) is 0. The zero-order valence-corrected chi connectivity index (χ0v) is 17.1. The Kier molecular flexibility index (Phi) is 4.98. The van der Waals surface area contributed by atoms with Crippen LogP contribution < -0.4 is 23.7 Å². The third kappa shape index (κ3) is 2.75. The van der Waals surface area contributed by atoms with Crippen LogP contribution in [0, 0.1) is 0 Å². The van der Waals surface area contributed by atoms with E-state index in [1.54, 1.807) is 35.5 Å². The zero-order chi connectivity index (χ0) is 19.8. The summed E-state index contributed by atoms with van der Waals surface area (Å²) in [6.07, 6.45) is 1.82. The minimum absolute atomic E-state index is 0.226. The van der Waals surface area contributed by atoms with Gasteiger partial charge in [0.15, 0.2) is 23.0 Å². The lowest BCUT2D eigenvalue weighted by Gasteiger charge is -2.42. The summed E-state index contributed by atoms with van der Waals surface area (Å²) < 4.78 is 28.2. The number of nitrogens with zero attached hydrogens (tertiary/aromatic N) is 1. The average molecular weight is 385 g/mol. The van der Waals surface area contributed by atoms with Crippen LogP contribution in [0.2, 0.25) is 0 Å². The molecule has 1 unspecified atom stereocenters. The second-order valence-corrected chi connectivity index (χ2v) is 7.10. The van der Waals surface area contributed by atoms with Crippen LogP contribution in [0.15, 0.2) is 18.2 Å². The van der Waals surface area contributed by atoms with E-state index in [0.717, 1.165) is 43.2 Å². The first-order valence-corrected chi connectivity index (χ1v) is 9.45. The summed E-state index contributed by atoms with van der Waals surface area (Å²) in [7, 11) is 8.39. The first-order valence-electron chi connectivity index (χ1n) is 9.45. The predicted molar refractivity (Wildman–Crippen MR) is 106 cm³/mol. The summed E-state index contributed by atoms with van der Waals surface area (Å²) in [4.78, 5) is 2.49. The van der Waals surface area contributed by atoms with Crippen LogP contribution in [0.5, 0.6) is 28.7 Å². The van der Waals surface area contributed by atoms with Crippen LogP contribution in [0.1, 0.15) is 28.3 Å². The molecule has 1 atom stereocenters. The molecular formula is C22H27NO5. The molecule has 6 nitrogen and oxygen atoms in total. The molecule has 0 bridgehead atoms. The van der Waals surface area contributed by atoms with Gasteiger partial charge < -0.3 is 23.7 Å². The van der Waals surface area contributed by atoms with E-state index in [9.17, 15) is 0 Å². The van der Waals surface area contributed by atoms with E-state index in [0.29, 0.717) is 11.5 Å². The van der Waals surface area contributed by atoms with Gasteiger partial charge in [-0.1, -0.05) is 6.07 Å². The number of hydrogen-bond acceptors (Lipinski definition) is 6. The molecular weight excluding hydrogens is 358 g/mol. The van der Waals surface area contributed by atoms with Crippen LogP contribution in [-0.4, -0.2) is 47.0 Å². The summed E-state index contributed by atoms with van der Waals surface area (Å²) in [6.45, 7) is 1.79. The predicted octanol–water partition coefficient (Wildman–Crippen LogP) is 3.39. The summed E-state index contributed by atoms with van der Waals surface area (Å²) in [6, 6.07) is 6.46. The summed E-state index contributed by atoms with van der Waals surface area (Å²) >= 11 is 0.